The van der Waals surface area contributed by atoms with E-state index < -0.39 is 30.5 Å². The van der Waals surface area contributed by atoms with E-state index >= 15 is 0 Å². The number of aliphatic hydroxyl groups excluding tert-OH is 1. The number of alkyl carbamates (subject to hydrolysis) is 2. The van der Waals surface area contributed by atoms with Gasteiger partial charge in [0, 0.05) is 43.1 Å². The van der Waals surface area contributed by atoms with Crippen LogP contribution in [-0.4, -0.2) is 106 Å². The van der Waals surface area contributed by atoms with Crippen molar-refractivity contribution in [3.63, 3.8) is 0 Å². The van der Waals surface area contributed by atoms with E-state index in [2.05, 4.69) is 75.2 Å². The van der Waals surface area contributed by atoms with Crippen LogP contribution in [0.25, 0.3) is 44.4 Å². The summed E-state index contributed by atoms with van der Waals surface area (Å²) in [4.78, 5) is 59.9. The Balaban J connectivity index is 0.840. The van der Waals surface area contributed by atoms with Crippen molar-refractivity contribution >= 4 is 28.9 Å². The summed E-state index contributed by atoms with van der Waals surface area (Å²) in [6, 6.07) is 27.4. The Bertz CT molecular complexity index is 2730. The van der Waals surface area contributed by atoms with Crippen LogP contribution < -0.4 is 10.6 Å². The number of rotatable bonds is 11. The van der Waals surface area contributed by atoms with Crippen molar-refractivity contribution in [2.45, 2.75) is 81.8 Å². The number of nitrogens with one attached hydrogen (secondary N) is 4. The van der Waals surface area contributed by atoms with Crippen LogP contribution >= 0.6 is 0 Å². The van der Waals surface area contributed by atoms with Crippen molar-refractivity contribution in [2.24, 2.45) is 5.92 Å². The van der Waals surface area contributed by atoms with Gasteiger partial charge >= 0.3 is 12.2 Å². The maximum Gasteiger partial charge on any atom is 0.407 e. The molecule has 10 rings (SSSR count). The summed E-state index contributed by atoms with van der Waals surface area (Å²) >= 11 is 0. The number of ether oxygens (including phenoxy) is 3. The molecule has 5 atom stereocenters. The van der Waals surface area contributed by atoms with Crippen LogP contribution in [0.3, 0.4) is 0 Å². The number of likely N-dealkylation sites (tertiary alicyclic amines) is 2. The number of fused-ring (bicyclic) bond motifs is 4. The molecule has 3 saturated heterocycles. The third-order valence-corrected chi connectivity index (χ3v) is 14.1. The minimum Gasteiger partial charge on any atom is -0.453 e. The first-order chi connectivity index (χ1) is 32.3. The highest BCUT2D eigenvalue weighted by atomic mass is 16.5. The molecule has 1 aliphatic carbocycles. The van der Waals surface area contributed by atoms with Gasteiger partial charge in [0.05, 0.1) is 49.9 Å². The third kappa shape index (κ3) is 8.54. The number of aromatic amines is 2. The molecule has 1 unspecified atom stereocenters. The van der Waals surface area contributed by atoms with E-state index in [1.807, 2.05) is 46.3 Å². The largest absolute Gasteiger partial charge is 0.453 e. The van der Waals surface area contributed by atoms with Crippen LogP contribution in [0, 0.1) is 5.92 Å². The van der Waals surface area contributed by atoms with E-state index in [4.69, 9.17) is 24.2 Å². The van der Waals surface area contributed by atoms with Gasteiger partial charge in [-0.05, 0) is 102 Å². The predicted octanol–water partition coefficient (Wildman–Crippen LogP) is 7.75. The number of aryl methyl sites for hydroxylation is 2. The fourth-order valence-corrected chi connectivity index (χ4v) is 10.6. The number of aromatic nitrogens is 4. The quantitative estimate of drug-likeness (QED) is 0.0861. The zero-order valence-electron chi connectivity index (χ0n) is 37.3. The lowest BCUT2D eigenvalue weighted by molar-refractivity contribution is -0.136. The smallest absolute Gasteiger partial charge is 0.407 e. The van der Waals surface area contributed by atoms with Gasteiger partial charge in [-0.15, -0.1) is 0 Å². The molecule has 0 bridgehead atoms. The minimum absolute atomic E-state index is 0.0225. The number of carbonyl (C=O) groups excluding carboxylic acids is 3. The van der Waals surface area contributed by atoms with Crippen molar-refractivity contribution in [3.8, 4) is 33.6 Å². The van der Waals surface area contributed by atoms with Crippen LogP contribution in [0.1, 0.15) is 85.1 Å². The van der Waals surface area contributed by atoms with E-state index in [0.29, 0.717) is 39.1 Å². The Morgan fingerprint density at radius 2 is 1.47 bits per heavy atom. The van der Waals surface area contributed by atoms with Crippen LogP contribution in [0.2, 0.25) is 0 Å². The molecular weight excluding hydrogens is 837 g/mol. The highest BCUT2D eigenvalue weighted by molar-refractivity contribution is 5.91. The van der Waals surface area contributed by atoms with Crippen LogP contribution in [0.4, 0.5) is 9.59 Å². The SMILES string of the molecule is COC(=O)N[C@H](C(=O)N1CCC[C@H]1c1nc2c([nH]1)CCc1cc(-c3ccc4cc(-c5cnc([C@@H]6CCCN6C(O)[C@H](NC(=O)OC)c6ccccc6)[nH]5)ccc4c3)ccc1-2)C1CCOCC1. The second kappa shape index (κ2) is 18.7. The summed E-state index contributed by atoms with van der Waals surface area (Å²) < 4.78 is 15.4. The van der Waals surface area contributed by atoms with Crippen LogP contribution in [0.15, 0.2) is 91.1 Å². The Labute approximate surface area is 383 Å². The second-order valence-corrected chi connectivity index (χ2v) is 17.9. The third-order valence-electron chi connectivity index (χ3n) is 14.1. The summed E-state index contributed by atoms with van der Waals surface area (Å²) in [5, 5.41) is 19.6. The summed E-state index contributed by atoms with van der Waals surface area (Å²) in [5.74, 6) is 1.46. The van der Waals surface area contributed by atoms with Crippen molar-refractivity contribution in [1.82, 2.24) is 40.4 Å². The molecule has 0 spiro atoms. The maximum absolute atomic E-state index is 14.2. The number of hydrogen-bond acceptors (Lipinski definition) is 10. The molecule has 5 N–H and O–H groups in total. The van der Waals surface area contributed by atoms with Crippen LogP contribution in [0.5, 0.6) is 0 Å². The van der Waals surface area contributed by atoms with Gasteiger partial charge in [0.25, 0.3) is 0 Å². The summed E-state index contributed by atoms with van der Waals surface area (Å²) in [6.07, 6.45) is 6.10. The van der Waals surface area contributed by atoms with Crippen molar-refractivity contribution in [1.29, 1.82) is 0 Å². The van der Waals surface area contributed by atoms with Gasteiger partial charge in [-0.25, -0.2) is 19.6 Å². The summed E-state index contributed by atoms with van der Waals surface area (Å²) in [7, 11) is 2.64. The summed E-state index contributed by atoms with van der Waals surface area (Å²) in [6.45, 7) is 2.39. The number of H-pyrrole nitrogens is 2. The van der Waals surface area contributed by atoms with Gasteiger partial charge < -0.3 is 44.8 Å². The minimum atomic E-state index is -0.999. The molecule has 3 amide bonds. The van der Waals surface area contributed by atoms with Crippen molar-refractivity contribution in [3.05, 3.63) is 120 Å². The van der Waals surface area contributed by atoms with Crippen molar-refractivity contribution < 1.29 is 33.7 Å². The average molecular weight is 893 g/mol. The highest BCUT2D eigenvalue weighted by Gasteiger charge is 2.41. The average Bonchev–Trinajstić information content (AvgIpc) is 4.21. The fraction of sp³-hybridized carbons (Fsp3) is 0.392. The van der Waals surface area contributed by atoms with Crippen LogP contribution in [-0.2, 0) is 31.8 Å². The topological polar surface area (TPSA) is 187 Å². The number of aliphatic hydroxyl groups is 1. The number of nitrogens with zero attached hydrogens (tertiary/aromatic N) is 4. The number of hydrogen-bond donors (Lipinski definition) is 5. The Kier molecular flexibility index (Phi) is 12.3. The molecule has 2 aromatic heterocycles. The molecule has 66 heavy (non-hydrogen) atoms. The standard InChI is InChI=1S/C51H56N8O7/c1-64-50(62)56-43(30-8-4-3-5-9-30)48(60)58-22-6-10-41(58)46-52-29-40(54-46)37-15-14-33-26-32(12-13-34(33)28-37)35-16-18-38-36(27-35)17-19-39-45(38)55-47(53-39)42-11-7-23-59(42)49(61)44(57-51(63)65-2)31-20-24-66-25-21-31/h3-5,8-9,12-16,18,26-29,31,41-44,48,60H,6-7,10-11,17,19-25H2,1-2H3,(H,52,54)(H,53,55)(H,56,62)(H,57,63)/t41-,42-,43+,44-,48?/m0/s1. The lowest BCUT2D eigenvalue weighted by Crippen LogP contribution is -2.53. The van der Waals surface area contributed by atoms with E-state index in [0.717, 1.165) is 106 Å². The van der Waals surface area contributed by atoms with E-state index in [-0.39, 0.29) is 23.9 Å². The lowest BCUT2D eigenvalue weighted by atomic mass is 9.89. The Hall–Kier alpha value is -6.55. The molecule has 5 heterocycles. The molecule has 4 aromatic carbocycles. The first kappa shape index (κ1) is 43.3. The monoisotopic (exact) mass is 892 g/mol. The first-order valence-electron chi connectivity index (χ1n) is 23.1. The first-order valence-corrected chi connectivity index (χ1v) is 23.1. The lowest BCUT2D eigenvalue weighted by Gasteiger charge is -2.34. The molecule has 3 aliphatic heterocycles. The van der Waals surface area contributed by atoms with Crippen molar-refractivity contribution in [2.75, 3.05) is 40.5 Å². The molecule has 15 heteroatoms. The molecule has 0 radical (unpaired) electrons. The molecule has 15 nitrogen and oxygen atoms in total. The van der Waals surface area contributed by atoms with E-state index in [1.165, 1.54) is 19.8 Å². The Morgan fingerprint density at radius 3 is 2.26 bits per heavy atom. The van der Waals surface area contributed by atoms with E-state index in [1.54, 1.807) is 0 Å². The zero-order valence-corrected chi connectivity index (χ0v) is 37.3. The van der Waals surface area contributed by atoms with Gasteiger partial charge in [-0.3, -0.25) is 9.69 Å². The number of benzene rings is 4. The van der Waals surface area contributed by atoms with Gasteiger partial charge in [-0.2, -0.15) is 0 Å². The number of methoxy groups -OCH3 is 2. The number of amides is 3. The fourth-order valence-electron chi connectivity index (χ4n) is 10.6. The van der Waals surface area contributed by atoms with E-state index in [9.17, 15) is 19.5 Å². The molecule has 6 aromatic rings. The second-order valence-electron chi connectivity index (χ2n) is 17.9. The molecular formula is C51H56N8O7. The van der Waals surface area contributed by atoms with Gasteiger partial charge in [0.15, 0.2) is 0 Å². The van der Waals surface area contributed by atoms with Gasteiger partial charge in [0.1, 0.15) is 23.9 Å². The summed E-state index contributed by atoms with van der Waals surface area (Å²) in [5.41, 5.74) is 9.35. The molecule has 342 valence electrons. The predicted molar refractivity (Wildman–Crippen MR) is 248 cm³/mol. The zero-order chi connectivity index (χ0) is 45.3. The maximum atomic E-state index is 14.2. The normalized spacial score (nSPS) is 20.0. The molecule has 3 fully saturated rings. The highest BCUT2D eigenvalue weighted by Crippen LogP contribution is 2.40. The number of imidazole rings is 2. The molecule has 0 saturated carbocycles. The van der Waals surface area contributed by atoms with Gasteiger partial charge in [0.2, 0.25) is 5.91 Å². The molecule has 4 aliphatic rings. The van der Waals surface area contributed by atoms with Gasteiger partial charge in [-0.1, -0.05) is 72.8 Å². The Morgan fingerprint density at radius 1 is 0.773 bits per heavy atom. The number of carbonyl (C=O) groups is 3.